The number of benzene rings is 1. The molecule has 20 heavy (non-hydrogen) atoms. The second kappa shape index (κ2) is 5.15. The van der Waals surface area contributed by atoms with Crippen LogP contribution < -0.4 is 5.73 Å². The highest BCUT2D eigenvalue weighted by Gasteiger charge is 2.36. The fourth-order valence-electron chi connectivity index (χ4n) is 2.26. The van der Waals surface area contributed by atoms with E-state index < -0.39 is 23.6 Å². The monoisotopic (exact) mass is 286 g/mol. The van der Waals surface area contributed by atoms with Gasteiger partial charge < -0.3 is 10.6 Å². The first-order chi connectivity index (χ1) is 9.29. The van der Waals surface area contributed by atoms with Crippen molar-refractivity contribution in [1.82, 2.24) is 4.90 Å². The maximum atomic E-state index is 12.8. The standard InChI is InChI=1S/C13H13F3N2O2/c14-13(15,16)10-4-2-1-3-8(10)6-18-7-9(12(17)20)5-11(18)19/h1-4,9H,5-7H2,(H2,17,20). The molecule has 1 atom stereocenters. The molecule has 1 fully saturated rings. The van der Waals surface area contributed by atoms with Gasteiger partial charge in [0.2, 0.25) is 11.8 Å². The van der Waals surface area contributed by atoms with Crippen molar-refractivity contribution in [1.29, 1.82) is 0 Å². The quantitative estimate of drug-likeness (QED) is 0.916. The molecule has 1 aliphatic heterocycles. The number of nitrogens with two attached hydrogens (primary N) is 1. The molecular weight excluding hydrogens is 273 g/mol. The van der Waals surface area contributed by atoms with E-state index in [-0.39, 0.29) is 31.0 Å². The zero-order chi connectivity index (χ0) is 14.9. The Kier molecular flexibility index (Phi) is 3.69. The zero-order valence-corrected chi connectivity index (χ0v) is 10.5. The third kappa shape index (κ3) is 2.92. The van der Waals surface area contributed by atoms with E-state index >= 15 is 0 Å². The number of likely N-dealkylation sites (tertiary alicyclic amines) is 1. The first kappa shape index (κ1) is 14.4. The van der Waals surface area contributed by atoms with Crippen molar-refractivity contribution in [2.75, 3.05) is 6.54 Å². The van der Waals surface area contributed by atoms with Gasteiger partial charge >= 0.3 is 6.18 Å². The predicted octanol–water partition coefficient (Wildman–Crippen LogP) is 1.54. The van der Waals surface area contributed by atoms with Gasteiger partial charge in [0.15, 0.2) is 0 Å². The van der Waals surface area contributed by atoms with E-state index in [2.05, 4.69) is 0 Å². The Morgan fingerprint density at radius 1 is 1.35 bits per heavy atom. The van der Waals surface area contributed by atoms with Crippen LogP contribution in [0.4, 0.5) is 13.2 Å². The van der Waals surface area contributed by atoms with E-state index in [0.29, 0.717) is 0 Å². The van der Waals surface area contributed by atoms with Gasteiger partial charge in [0.1, 0.15) is 0 Å². The maximum Gasteiger partial charge on any atom is 0.416 e. The Labute approximate surface area is 113 Å². The number of carbonyl (C=O) groups is 2. The molecule has 0 saturated carbocycles. The highest BCUT2D eigenvalue weighted by molar-refractivity contribution is 5.88. The van der Waals surface area contributed by atoms with Crippen LogP contribution in [0.3, 0.4) is 0 Å². The van der Waals surface area contributed by atoms with Crippen LogP contribution in [-0.4, -0.2) is 23.3 Å². The van der Waals surface area contributed by atoms with E-state index in [1.165, 1.54) is 23.1 Å². The van der Waals surface area contributed by atoms with E-state index in [0.717, 1.165) is 6.07 Å². The number of rotatable bonds is 3. The minimum absolute atomic E-state index is 0.0125. The number of primary amides is 1. The van der Waals surface area contributed by atoms with E-state index in [1.807, 2.05) is 0 Å². The summed E-state index contributed by atoms with van der Waals surface area (Å²) < 4.78 is 38.5. The molecule has 1 aliphatic rings. The van der Waals surface area contributed by atoms with Gasteiger partial charge in [-0.1, -0.05) is 18.2 Å². The Hall–Kier alpha value is -2.05. The predicted molar refractivity (Wildman–Crippen MR) is 64.2 cm³/mol. The first-order valence-electron chi connectivity index (χ1n) is 6.01. The number of hydrogen-bond acceptors (Lipinski definition) is 2. The molecule has 1 aromatic rings. The van der Waals surface area contributed by atoms with Crippen LogP contribution in [0.25, 0.3) is 0 Å². The number of halogens is 3. The average Bonchev–Trinajstić information content (AvgIpc) is 2.71. The molecule has 1 aromatic carbocycles. The fraction of sp³-hybridized carbons (Fsp3) is 0.385. The molecule has 1 saturated heterocycles. The SMILES string of the molecule is NC(=O)C1CC(=O)N(Cc2ccccc2C(F)(F)F)C1. The molecule has 7 heteroatoms. The summed E-state index contributed by atoms with van der Waals surface area (Å²) in [7, 11) is 0. The van der Waals surface area contributed by atoms with Gasteiger partial charge in [-0.25, -0.2) is 0 Å². The highest BCUT2D eigenvalue weighted by Crippen LogP contribution is 2.33. The lowest BCUT2D eigenvalue weighted by Crippen LogP contribution is -2.29. The van der Waals surface area contributed by atoms with Gasteiger partial charge in [0.05, 0.1) is 11.5 Å². The van der Waals surface area contributed by atoms with Crippen molar-refractivity contribution in [3.8, 4) is 0 Å². The Bertz CT molecular complexity index is 543. The number of carbonyl (C=O) groups excluding carboxylic acids is 2. The lowest BCUT2D eigenvalue weighted by Gasteiger charge is -2.19. The minimum atomic E-state index is -4.47. The number of amides is 2. The summed E-state index contributed by atoms with van der Waals surface area (Å²) in [4.78, 5) is 24.0. The van der Waals surface area contributed by atoms with Crippen LogP contribution in [0.5, 0.6) is 0 Å². The molecule has 0 spiro atoms. The summed E-state index contributed by atoms with van der Waals surface area (Å²) in [5.74, 6) is -1.59. The largest absolute Gasteiger partial charge is 0.416 e. The average molecular weight is 286 g/mol. The van der Waals surface area contributed by atoms with Gasteiger partial charge in [0.25, 0.3) is 0 Å². The Balaban J connectivity index is 2.19. The van der Waals surface area contributed by atoms with Crippen LogP contribution >= 0.6 is 0 Å². The third-order valence-electron chi connectivity index (χ3n) is 3.30. The van der Waals surface area contributed by atoms with Crippen molar-refractivity contribution in [2.24, 2.45) is 11.7 Å². The van der Waals surface area contributed by atoms with Crippen molar-refractivity contribution >= 4 is 11.8 Å². The van der Waals surface area contributed by atoms with Gasteiger partial charge in [-0.3, -0.25) is 9.59 Å². The van der Waals surface area contributed by atoms with Gasteiger partial charge in [-0.15, -0.1) is 0 Å². The van der Waals surface area contributed by atoms with Crippen molar-refractivity contribution in [3.05, 3.63) is 35.4 Å². The molecule has 4 nitrogen and oxygen atoms in total. The van der Waals surface area contributed by atoms with E-state index in [9.17, 15) is 22.8 Å². The summed E-state index contributed by atoms with van der Waals surface area (Å²) in [5.41, 5.74) is 4.36. The zero-order valence-electron chi connectivity index (χ0n) is 10.5. The second-order valence-corrected chi connectivity index (χ2v) is 4.73. The van der Waals surface area contributed by atoms with Gasteiger partial charge in [-0.2, -0.15) is 13.2 Å². The Morgan fingerprint density at radius 3 is 2.55 bits per heavy atom. The van der Waals surface area contributed by atoms with Crippen molar-refractivity contribution in [2.45, 2.75) is 19.1 Å². The smallest absolute Gasteiger partial charge is 0.369 e. The van der Waals surface area contributed by atoms with Crippen LogP contribution in [-0.2, 0) is 22.3 Å². The first-order valence-corrected chi connectivity index (χ1v) is 6.01. The molecule has 108 valence electrons. The number of nitrogens with zero attached hydrogens (tertiary/aromatic N) is 1. The third-order valence-corrected chi connectivity index (χ3v) is 3.30. The second-order valence-electron chi connectivity index (χ2n) is 4.73. The van der Waals surface area contributed by atoms with Crippen molar-refractivity contribution < 1.29 is 22.8 Å². The molecule has 2 amide bonds. The summed E-state index contributed by atoms with van der Waals surface area (Å²) in [6.45, 7) is -0.0986. The maximum absolute atomic E-state index is 12.8. The van der Waals surface area contributed by atoms with Crippen LogP contribution in [0, 0.1) is 5.92 Å². The molecule has 0 radical (unpaired) electrons. The minimum Gasteiger partial charge on any atom is -0.369 e. The highest BCUT2D eigenvalue weighted by atomic mass is 19.4. The Morgan fingerprint density at radius 2 is 2.00 bits per heavy atom. The van der Waals surface area contributed by atoms with Crippen LogP contribution in [0.15, 0.2) is 24.3 Å². The lowest BCUT2D eigenvalue weighted by molar-refractivity contribution is -0.139. The number of hydrogen-bond donors (Lipinski definition) is 1. The molecule has 0 aliphatic carbocycles. The molecule has 0 bridgehead atoms. The molecular formula is C13H13F3N2O2. The molecule has 2 rings (SSSR count). The van der Waals surface area contributed by atoms with Crippen molar-refractivity contribution in [3.63, 3.8) is 0 Å². The molecule has 0 aromatic heterocycles. The van der Waals surface area contributed by atoms with Gasteiger partial charge in [0, 0.05) is 19.5 Å². The van der Waals surface area contributed by atoms with E-state index in [4.69, 9.17) is 5.73 Å². The van der Waals surface area contributed by atoms with Crippen LogP contribution in [0.2, 0.25) is 0 Å². The van der Waals surface area contributed by atoms with Crippen LogP contribution in [0.1, 0.15) is 17.5 Å². The molecule has 1 heterocycles. The summed E-state index contributed by atoms with van der Waals surface area (Å²) in [6.07, 6.45) is -4.51. The summed E-state index contributed by atoms with van der Waals surface area (Å²) >= 11 is 0. The summed E-state index contributed by atoms with van der Waals surface area (Å²) in [6, 6.07) is 5.08. The fourth-order valence-corrected chi connectivity index (χ4v) is 2.26. The molecule has 2 N–H and O–H groups in total. The van der Waals surface area contributed by atoms with E-state index in [1.54, 1.807) is 0 Å². The normalized spacial score (nSPS) is 19.4. The summed E-state index contributed by atoms with van der Waals surface area (Å²) in [5, 5.41) is 0. The van der Waals surface area contributed by atoms with Gasteiger partial charge in [-0.05, 0) is 11.6 Å². The lowest BCUT2D eigenvalue weighted by atomic mass is 10.1. The topological polar surface area (TPSA) is 63.4 Å². The molecule has 1 unspecified atom stereocenters. The number of alkyl halides is 3.